The van der Waals surface area contributed by atoms with Gasteiger partial charge in [-0.2, -0.15) is 0 Å². The third-order valence-corrected chi connectivity index (χ3v) is 2.02. The van der Waals surface area contributed by atoms with Crippen molar-refractivity contribution < 1.29 is 9.53 Å². The minimum Gasteiger partial charge on any atom is -0.468 e. The van der Waals surface area contributed by atoms with Crippen molar-refractivity contribution in [2.45, 2.75) is 18.9 Å². The lowest BCUT2D eigenvalue weighted by Gasteiger charge is -2.13. The van der Waals surface area contributed by atoms with Crippen molar-refractivity contribution in [1.82, 2.24) is 5.32 Å². The Hall–Kier alpha value is -1.16. The lowest BCUT2D eigenvalue weighted by Crippen LogP contribution is -2.35. The van der Waals surface area contributed by atoms with Crippen LogP contribution in [0.2, 0.25) is 0 Å². The van der Waals surface area contributed by atoms with Crippen molar-refractivity contribution in [1.29, 1.82) is 0 Å². The topological polar surface area (TPSA) is 50.7 Å². The van der Waals surface area contributed by atoms with E-state index in [1.54, 1.807) is 13.2 Å². The molecule has 1 aliphatic heterocycles. The van der Waals surface area contributed by atoms with Crippen LogP contribution in [-0.4, -0.2) is 32.4 Å². The van der Waals surface area contributed by atoms with Gasteiger partial charge in [0.25, 0.3) is 0 Å². The minimum absolute atomic E-state index is 0.227. The van der Waals surface area contributed by atoms with Crippen LogP contribution in [0, 0.1) is 0 Å². The molecule has 0 saturated heterocycles. The molecule has 0 bridgehead atoms. The van der Waals surface area contributed by atoms with E-state index in [9.17, 15) is 4.79 Å². The van der Waals surface area contributed by atoms with Gasteiger partial charge in [0.2, 0.25) is 0 Å². The molecule has 0 unspecified atom stereocenters. The summed E-state index contributed by atoms with van der Waals surface area (Å²) in [5.41, 5.74) is 1.16. The highest BCUT2D eigenvalue weighted by molar-refractivity contribution is 5.76. The van der Waals surface area contributed by atoms with Gasteiger partial charge in [-0.15, -0.1) is 0 Å². The Balaban J connectivity index is 2.44. The van der Waals surface area contributed by atoms with E-state index in [2.05, 4.69) is 15.0 Å². The first-order valence-electron chi connectivity index (χ1n) is 4.22. The fourth-order valence-corrected chi connectivity index (χ4v) is 1.22. The quantitative estimate of drug-likeness (QED) is 0.644. The average molecular weight is 182 g/mol. The van der Waals surface area contributed by atoms with Crippen LogP contribution in [0.3, 0.4) is 0 Å². The number of nitrogens with zero attached hydrogens (tertiary/aromatic N) is 1. The number of hydrogen-bond donors (Lipinski definition) is 1. The summed E-state index contributed by atoms with van der Waals surface area (Å²) in [7, 11) is 3.14. The molecule has 0 saturated carbocycles. The number of methoxy groups -OCH3 is 1. The molecule has 72 valence electrons. The van der Waals surface area contributed by atoms with Crippen molar-refractivity contribution in [3.63, 3.8) is 0 Å². The number of hydrogen-bond acceptors (Lipinski definition) is 4. The molecule has 0 aliphatic carbocycles. The van der Waals surface area contributed by atoms with Gasteiger partial charge in [-0.25, -0.2) is 0 Å². The van der Waals surface area contributed by atoms with E-state index in [0.717, 1.165) is 12.0 Å². The number of nitrogens with one attached hydrogen (secondary N) is 1. The van der Waals surface area contributed by atoms with E-state index in [-0.39, 0.29) is 12.0 Å². The molecule has 4 heteroatoms. The first kappa shape index (κ1) is 9.92. The van der Waals surface area contributed by atoms with Gasteiger partial charge in [-0.1, -0.05) is 0 Å². The standard InChI is InChI=1S/C9H14N2O2/c1-10-8(9(12)13-2)5-7-3-4-11-6-7/h4,6,8,10H,3,5H2,1-2H3/t8-/m0/s1. The fourth-order valence-electron chi connectivity index (χ4n) is 1.22. The number of esters is 1. The van der Waals surface area contributed by atoms with Crippen molar-refractivity contribution in [2.24, 2.45) is 4.99 Å². The largest absolute Gasteiger partial charge is 0.468 e. The molecule has 0 amide bonds. The molecule has 0 radical (unpaired) electrons. The van der Waals surface area contributed by atoms with Crippen molar-refractivity contribution in [3.8, 4) is 0 Å². The molecule has 0 aromatic heterocycles. The predicted octanol–water partition coefficient (Wildman–Crippen LogP) is 0.496. The molecule has 1 aliphatic rings. The molecule has 1 atom stereocenters. The van der Waals surface area contributed by atoms with Gasteiger partial charge in [0, 0.05) is 18.8 Å². The van der Waals surface area contributed by atoms with Crippen LogP contribution in [-0.2, 0) is 9.53 Å². The molecule has 4 nitrogen and oxygen atoms in total. The maximum Gasteiger partial charge on any atom is 0.323 e. The number of carbonyl (C=O) groups is 1. The summed E-state index contributed by atoms with van der Waals surface area (Å²) in [4.78, 5) is 15.1. The Morgan fingerprint density at radius 2 is 2.62 bits per heavy atom. The summed E-state index contributed by atoms with van der Waals surface area (Å²) < 4.78 is 4.64. The number of aliphatic imine (C=N–C) groups is 1. The Labute approximate surface area is 77.7 Å². The third-order valence-electron chi connectivity index (χ3n) is 2.02. The summed E-state index contributed by atoms with van der Waals surface area (Å²) in [6, 6.07) is -0.252. The lowest BCUT2D eigenvalue weighted by atomic mass is 10.1. The summed E-state index contributed by atoms with van der Waals surface area (Å²) in [6.07, 6.45) is 5.14. The van der Waals surface area contributed by atoms with Crippen LogP contribution in [0.25, 0.3) is 0 Å². The molecular formula is C9H14N2O2. The highest BCUT2D eigenvalue weighted by atomic mass is 16.5. The molecule has 1 heterocycles. The zero-order valence-corrected chi connectivity index (χ0v) is 7.91. The summed E-state index contributed by atoms with van der Waals surface area (Å²) in [6.45, 7) is 0. The second-order valence-corrected chi connectivity index (χ2v) is 2.89. The minimum atomic E-state index is -0.252. The molecule has 0 fully saturated rings. The summed E-state index contributed by atoms with van der Waals surface area (Å²) in [5.74, 6) is -0.227. The van der Waals surface area contributed by atoms with Gasteiger partial charge in [-0.3, -0.25) is 9.79 Å². The Kier molecular flexibility index (Phi) is 3.64. The maximum atomic E-state index is 11.2. The van der Waals surface area contributed by atoms with E-state index in [4.69, 9.17) is 0 Å². The zero-order chi connectivity index (χ0) is 9.68. The van der Waals surface area contributed by atoms with Crippen LogP contribution >= 0.6 is 0 Å². The number of ether oxygens (including phenoxy) is 1. The van der Waals surface area contributed by atoms with Crippen LogP contribution < -0.4 is 5.32 Å². The van der Waals surface area contributed by atoms with E-state index in [1.165, 1.54) is 7.11 Å². The predicted molar refractivity (Wildman–Crippen MR) is 50.7 cm³/mol. The van der Waals surface area contributed by atoms with Gasteiger partial charge >= 0.3 is 5.97 Å². The Bertz CT molecular complexity index is 246. The molecular weight excluding hydrogens is 168 g/mol. The van der Waals surface area contributed by atoms with Gasteiger partial charge in [-0.05, 0) is 19.0 Å². The molecule has 1 rings (SSSR count). The van der Waals surface area contributed by atoms with E-state index in [0.29, 0.717) is 6.42 Å². The van der Waals surface area contributed by atoms with Crippen LogP contribution in [0.4, 0.5) is 0 Å². The molecule has 13 heavy (non-hydrogen) atoms. The normalized spacial score (nSPS) is 16.9. The number of likely N-dealkylation sites (N-methyl/N-ethyl adjacent to an activating group) is 1. The highest BCUT2D eigenvalue weighted by Gasteiger charge is 2.18. The fraction of sp³-hybridized carbons (Fsp3) is 0.556. The van der Waals surface area contributed by atoms with Crippen molar-refractivity contribution in [3.05, 3.63) is 11.8 Å². The SMILES string of the molecule is CN[C@@H](CC1=CN=CC1)C(=O)OC. The van der Waals surface area contributed by atoms with Gasteiger partial charge in [0.05, 0.1) is 7.11 Å². The van der Waals surface area contributed by atoms with Gasteiger partial charge in [0.1, 0.15) is 6.04 Å². The first-order chi connectivity index (χ1) is 6.27. The highest BCUT2D eigenvalue weighted by Crippen LogP contribution is 2.13. The number of carbonyl (C=O) groups excluding carboxylic acids is 1. The maximum absolute atomic E-state index is 11.2. The lowest BCUT2D eigenvalue weighted by molar-refractivity contribution is -0.142. The van der Waals surface area contributed by atoms with E-state index < -0.39 is 0 Å². The smallest absolute Gasteiger partial charge is 0.323 e. The number of rotatable bonds is 4. The average Bonchev–Trinajstić information content (AvgIpc) is 2.65. The van der Waals surface area contributed by atoms with E-state index in [1.807, 2.05) is 6.21 Å². The monoisotopic (exact) mass is 182 g/mol. The molecule has 0 spiro atoms. The summed E-state index contributed by atoms with van der Waals surface area (Å²) in [5, 5.41) is 2.91. The van der Waals surface area contributed by atoms with Gasteiger partial charge in [0.15, 0.2) is 0 Å². The van der Waals surface area contributed by atoms with E-state index >= 15 is 0 Å². The zero-order valence-electron chi connectivity index (χ0n) is 7.91. The molecule has 1 N–H and O–H groups in total. The Morgan fingerprint density at radius 1 is 1.85 bits per heavy atom. The van der Waals surface area contributed by atoms with Crippen molar-refractivity contribution in [2.75, 3.05) is 14.2 Å². The van der Waals surface area contributed by atoms with Crippen LogP contribution in [0.1, 0.15) is 12.8 Å². The van der Waals surface area contributed by atoms with Crippen LogP contribution in [0.15, 0.2) is 16.8 Å². The Morgan fingerprint density at radius 3 is 3.08 bits per heavy atom. The second kappa shape index (κ2) is 4.77. The van der Waals surface area contributed by atoms with Crippen molar-refractivity contribution >= 4 is 12.2 Å². The molecule has 0 aromatic rings. The second-order valence-electron chi connectivity index (χ2n) is 2.89. The molecule has 0 aromatic carbocycles. The summed E-state index contributed by atoms with van der Waals surface area (Å²) >= 11 is 0. The van der Waals surface area contributed by atoms with Gasteiger partial charge < -0.3 is 10.1 Å². The third kappa shape index (κ3) is 2.66. The van der Waals surface area contributed by atoms with Crippen LogP contribution in [0.5, 0.6) is 0 Å². The first-order valence-corrected chi connectivity index (χ1v) is 4.22.